The highest BCUT2D eigenvalue weighted by Gasteiger charge is 2.39. The van der Waals surface area contributed by atoms with E-state index in [0.717, 1.165) is 35.1 Å². The maximum absolute atomic E-state index is 15.5. The van der Waals surface area contributed by atoms with Gasteiger partial charge in [-0.3, -0.25) is 19.1 Å². The van der Waals surface area contributed by atoms with Gasteiger partial charge >= 0.3 is 11.8 Å². The normalized spacial score (nSPS) is 16.6. The van der Waals surface area contributed by atoms with E-state index in [-0.39, 0.29) is 29.9 Å². The van der Waals surface area contributed by atoms with Gasteiger partial charge in [0, 0.05) is 68.4 Å². The first-order valence-corrected chi connectivity index (χ1v) is 17.6. The third-order valence-electron chi connectivity index (χ3n) is 9.71. The number of hydrogen-bond acceptors (Lipinski definition) is 10. The van der Waals surface area contributed by atoms with Gasteiger partial charge in [0.25, 0.3) is 11.5 Å². The predicted octanol–water partition coefficient (Wildman–Crippen LogP) is 4.91. The number of nitrogens with one attached hydrogen (secondary N) is 1. The number of carbonyl (C=O) groups is 2. The largest absolute Gasteiger partial charge is 0.444 e. The van der Waals surface area contributed by atoms with Gasteiger partial charge in [0.1, 0.15) is 23.3 Å². The topological polar surface area (TPSA) is 154 Å². The van der Waals surface area contributed by atoms with Gasteiger partial charge in [-0.2, -0.15) is 0 Å². The van der Waals surface area contributed by atoms with Crippen LogP contribution in [0.3, 0.4) is 0 Å². The van der Waals surface area contributed by atoms with Crippen molar-refractivity contribution < 1.29 is 27.8 Å². The number of hydrogen-bond donors (Lipinski definition) is 1. The minimum absolute atomic E-state index is 0.0400. The van der Waals surface area contributed by atoms with E-state index in [4.69, 9.17) is 9.47 Å². The van der Waals surface area contributed by atoms with Crippen LogP contribution in [0.1, 0.15) is 79.7 Å². The predicted molar refractivity (Wildman–Crippen MR) is 188 cm³/mol. The Bertz CT molecular complexity index is 2190. The van der Waals surface area contributed by atoms with E-state index >= 15 is 8.78 Å². The third-order valence-corrected chi connectivity index (χ3v) is 9.71. The van der Waals surface area contributed by atoms with Crippen LogP contribution in [0.5, 0.6) is 11.6 Å². The van der Waals surface area contributed by atoms with Crippen molar-refractivity contribution in [1.29, 1.82) is 0 Å². The summed E-state index contributed by atoms with van der Waals surface area (Å²) in [4.78, 5) is 69.7. The van der Waals surface area contributed by atoms with E-state index in [1.807, 2.05) is 20.8 Å². The Balaban J connectivity index is 1.08. The van der Waals surface area contributed by atoms with E-state index in [2.05, 4.69) is 25.2 Å². The summed E-state index contributed by atoms with van der Waals surface area (Å²) in [5.41, 5.74) is -0.982. The zero-order chi connectivity index (χ0) is 37.6. The number of nitrogens with zero attached hydrogens (tertiary/aromatic N) is 7. The molecule has 1 aromatic carbocycles. The number of aromatic nitrogens is 5. The van der Waals surface area contributed by atoms with E-state index in [1.54, 1.807) is 17.9 Å². The van der Waals surface area contributed by atoms with Crippen LogP contribution < -0.4 is 21.3 Å². The second-order valence-corrected chi connectivity index (χ2v) is 14.7. The summed E-state index contributed by atoms with van der Waals surface area (Å²) >= 11 is 0. The van der Waals surface area contributed by atoms with Crippen molar-refractivity contribution in [2.24, 2.45) is 0 Å². The van der Waals surface area contributed by atoms with E-state index in [9.17, 15) is 19.2 Å². The molecule has 5 heterocycles. The highest BCUT2D eigenvalue weighted by molar-refractivity contribution is 6.04. The fourth-order valence-corrected chi connectivity index (χ4v) is 6.87. The maximum Gasteiger partial charge on any atom is 0.410 e. The van der Waals surface area contributed by atoms with Crippen LogP contribution in [-0.2, 0) is 17.7 Å². The maximum atomic E-state index is 15.5. The smallest absolute Gasteiger partial charge is 0.410 e. The first kappa shape index (κ1) is 35.9. The Morgan fingerprint density at radius 3 is 2.43 bits per heavy atom. The molecule has 16 heteroatoms. The molecule has 14 nitrogen and oxygen atoms in total. The monoisotopic (exact) mass is 730 g/mol. The first-order valence-electron chi connectivity index (χ1n) is 17.6. The summed E-state index contributed by atoms with van der Waals surface area (Å²) < 4.78 is 44.4. The molecule has 1 saturated heterocycles. The van der Waals surface area contributed by atoms with Crippen LogP contribution in [0, 0.1) is 18.6 Å². The number of halogens is 2. The molecule has 53 heavy (non-hydrogen) atoms. The molecule has 1 aliphatic carbocycles. The summed E-state index contributed by atoms with van der Waals surface area (Å²) in [6.07, 6.45) is 7.23. The fraction of sp³-hybridized carbons (Fsp3) is 0.432. The quantitative estimate of drug-likeness (QED) is 0.278. The van der Waals surface area contributed by atoms with Crippen molar-refractivity contribution in [1.82, 2.24) is 33.9 Å². The van der Waals surface area contributed by atoms with Gasteiger partial charge in [0.2, 0.25) is 5.88 Å². The molecule has 0 spiro atoms. The van der Waals surface area contributed by atoms with Crippen LogP contribution in [0.25, 0.3) is 5.82 Å². The number of amides is 2. The lowest BCUT2D eigenvalue weighted by Crippen LogP contribution is -2.62. The summed E-state index contributed by atoms with van der Waals surface area (Å²) in [7, 11) is 0. The van der Waals surface area contributed by atoms with Crippen molar-refractivity contribution in [3.63, 3.8) is 0 Å². The number of pyridine rings is 1. The number of rotatable bonds is 7. The Morgan fingerprint density at radius 2 is 1.74 bits per heavy atom. The number of aryl methyl sites for hydroxylation is 1. The van der Waals surface area contributed by atoms with Crippen molar-refractivity contribution in [2.75, 3.05) is 25.0 Å². The second-order valence-electron chi connectivity index (χ2n) is 14.7. The molecule has 0 unspecified atom stereocenters. The third kappa shape index (κ3) is 7.40. The van der Waals surface area contributed by atoms with Gasteiger partial charge in [-0.25, -0.2) is 37.9 Å². The highest BCUT2D eigenvalue weighted by atomic mass is 19.1. The summed E-state index contributed by atoms with van der Waals surface area (Å²) in [6, 6.07) is 4.64. The molecular weight excluding hydrogens is 690 g/mol. The number of benzene rings is 1. The molecule has 278 valence electrons. The molecular formula is C37H40F2N8O6. The lowest BCUT2D eigenvalue weighted by atomic mass is 10.0. The summed E-state index contributed by atoms with van der Waals surface area (Å²) in [5.74, 6) is -3.37. The lowest BCUT2D eigenvalue weighted by Gasteiger charge is -2.46. The molecule has 1 N–H and O–H groups in total. The standard InChI is InChI=1S/C37H40F2N8O6/c1-21-9-10-31(40-15-21)47-34(49)25(18-46(35(47)50)22-7-5-6-8-22)32(48)43-28-13-27(39)30(14-26(28)38)52-33-24-11-12-44(19-29(24)41-20-42-33)23-16-45(17-23)36(51)53-37(2,3)4/h9-10,13-15,18,20,22-23H,5-8,11-12,16-17,19H2,1-4H3,(H,43,48). The van der Waals surface area contributed by atoms with Crippen LogP contribution >= 0.6 is 0 Å². The SMILES string of the molecule is Cc1ccc(-n2c(=O)c(C(=O)Nc3cc(F)c(Oc4ncnc5c4CCN(C4CN(C(=O)OC(C)(C)C)C4)C5)cc3F)cn(C3CCCC3)c2=O)nc1. The molecule has 3 aliphatic rings. The van der Waals surface area contributed by atoms with Gasteiger partial charge < -0.3 is 19.7 Å². The molecule has 2 aliphatic heterocycles. The minimum Gasteiger partial charge on any atom is -0.444 e. The minimum atomic E-state index is -1.02. The lowest BCUT2D eigenvalue weighted by molar-refractivity contribution is -0.0183. The van der Waals surface area contributed by atoms with Gasteiger partial charge in [0.05, 0.1) is 11.4 Å². The molecule has 0 atom stereocenters. The number of fused-ring (bicyclic) bond motifs is 1. The van der Waals surface area contributed by atoms with Gasteiger partial charge in [-0.15, -0.1) is 0 Å². The van der Waals surface area contributed by atoms with E-state index in [1.165, 1.54) is 29.4 Å². The van der Waals surface area contributed by atoms with Crippen LogP contribution in [0.4, 0.5) is 19.3 Å². The molecule has 2 fully saturated rings. The van der Waals surface area contributed by atoms with Crippen molar-refractivity contribution in [3.05, 3.63) is 97.8 Å². The first-order chi connectivity index (χ1) is 25.3. The van der Waals surface area contributed by atoms with Crippen LogP contribution in [0.2, 0.25) is 0 Å². The molecule has 4 aromatic rings. The molecule has 0 bridgehead atoms. The van der Waals surface area contributed by atoms with Gasteiger partial charge in [-0.05, 0) is 58.6 Å². The number of likely N-dealkylation sites (tertiary alicyclic amines) is 1. The Hall–Kier alpha value is -5.51. The summed E-state index contributed by atoms with van der Waals surface area (Å²) in [6.45, 7) is 9.39. The number of carbonyl (C=O) groups excluding carboxylic acids is 2. The van der Waals surface area contributed by atoms with Crippen LogP contribution in [0.15, 0.2) is 52.6 Å². The number of anilines is 1. The van der Waals surface area contributed by atoms with Crippen molar-refractivity contribution >= 4 is 17.7 Å². The number of ether oxygens (including phenoxy) is 2. The zero-order valence-corrected chi connectivity index (χ0v) is 29.9. The van der Waals surface area contributed by atoms with Crippen molar-refractivity contribution in [2.45, 2.75) is 84.0 Å². The average Bonchev–Trinajstić information content (AvgIpc) is 3.61. The summed E-state index contributed by atoms with van der Waals surface area (Å²) in [5, 5.41) is 2.30. The van der Waals surface area contributed by atoms with Gasteiger partial charge in [-0.1, -0.05) is 18.9 Å². The van der Waals surface area contributed by atoms with E-state index in [0.29, 0.717) is 56.7 Å². The Labute approximate surface area is 303 Å². The molecule has 7 rings (SSSR count). The average molecular weight is 731 g/mol. The fourth-order valence-electron chi connectivity index (χ4n) is 6.87. The molecule has 1 saturated carbocycles. The van der Waals surface area contributed by atoms with E-state index < -0.39 is 51.4 Å². The Kier molecular flexibility index (Phi) is 9.57. The molecule has 3 aromatic heterocycles. The van der Waals surface area contributed by atoms with Crippen molar-refractivity contribution in [3.8, 4) is 17.4 Å². The molecule has 2 amide bonds. The second kappa shape index (κ2) is 14.1. The molecule has 0 radical (unpaired) electrons. The van der Waals surface area contributed by atoms with Gasteiger partial charge in [0.15, 0.2) is 17.4 Å². The Morgan fingerprint density at radius 1 is 0.981 bits per heavy atom. The zero-order valence-electron chi connectivity index (χ0n) is 29.9. The highest BCUT2D eigenvalue weighted by Crippen LogP contribution is 2.34. The van der Waals surface area contributed by atoms with Crippen LogP contribution in [-0.4, -0.2) is 77.2 Å².